The molecule has 2 aromatic heterocycles. The highest BCUT2D eigenvalue weighted by atomic mass is 35.5. The van der Waals surface area contributed by atoms with E-state index in [9.17, 15) is 4.79 Å². The van der Waals surface area contributed by atoms with Gasteiger partial charge in [-0.15, -0.1) is 0 Å². The minimum absolute atomic E-state index is 0.320. The molecule has 112 valence electrons. The molecule has 0 amide bonds. The van der Waals surface area contributed by atoms with E-state index in [1.807, 2.05) is 31.2 Å². The number of nitrogens with zero attached hydrogens (tertiary/aromatic N) is 3. The summed E-state index contributed by atoms with van der Waals surface area (Å²) in [6, 6.07) is 7.51. The van der Waals surface area contributed by atoms with Crippen LogP contribution < -0.4 is 0 Å². The number of hydrogen-bond donors (Lipinski definition) is 0. The van der Waals surface area contributed by atoms with Crippen LogP contribution >= 0.6 is 11.6 Å². The monoisotopic (exact) mass is 315 g/mol. The van der Waals surface area contributed by atoms with Crippen LogP contribution in [0.2, 0.25) is 5.02 Å². The minimum Gasteiger partial charge on any atom is -0.462 e. The van der Waals surface area contributed by atoms with Crippen molar-refractivity contribution >= 4 is 23.2 Å². The molecule has 0 saturated heterocycles. The maximum atomic E-state index is 11.9. The first-order valence-corrected chi connectivity index (χ1v) is 7.26. The van der Waals surface area contributed by atoms with Gasteiger partial charge in [-0.3, -0.25) is 0 Å². The molecule has 3 aromatic rings. The third kappa shape index (κ3) is 2.33. The maximum absolute atomic E-state index is 11.9. The molecule has 0 saturated carbocycles. The Morgan fingerprint density at radius 3 is 2.77 bits per heavy atom. The summed E-state index contributed by atoms with van der Waals surface area (Å²) in [5, 5.41) is 4.96. The van der Waals surface area contributed by atoms with Crippen molar-refractivity contribution in [3.8, 4) is 11.1 Å². The molecule has 0 unspecified atom stereocenters. The molecule has 22 heavy (non-hydrogen) atoms. The van der Waals surface area contributed by atoms with Gasteiger partial charge in [-0.05, 0) is 19.9 Å². The van der Waals surface area contributed by atoms with Crippen LogP contribution in [0.1, 0.15) is 23.0 Å². The Balaban J connectivity index is 2.16. The van der Waals surface area contributed by atoms with E-state index in [4.69, 9.17) is 16.3 Å². The number of carbonyl (C=O) groups excluding carboxylic acids is 1. The van der Waals surface area contributed by atoms with Crippen molar-refractivity contribution in [3.63, 3.8) is 0 Å². The second-order valence-corrected chi connectivity index (χ2v) is 5.16. The smallest absolute Gasteiger partial charge is 0.341 e. The Labute approximate surface area is 132 Å². The average molecular weight is 316 g/mol. The SMILES string of the molecule is CCOC(=O)c1cnc2c(-c3ccccc3Cl)cnn2c1C. The lowest BCUT2D eigenvalue weighted by Gasteiger charge is -2.07. The Hall–Kier alpha value is -2.40. The van der Waals surface area contributed by atoms with Crippen LogP contribution in [-0.4, -0.2) is 27.2 Å². The van der Waals surface area contributed by atoms with E-state index in [1.54, 1.807) is 17.6 Å². The van der Waals surface area contributed by atoms with E-state index < -0.39 is 5.97 Å². The van der Waals surface area contributed by atoms with Gasteiger partial charge in [0.25, 0.3) is 0 Å². The molecule has 0 N–H and O–H groups in total. The summed E-state index contributed by atoms with van der Waals surface area (Å²) in [6.45, 7) is 3.90. The largest absolute Gasteiger partial charge is 0.462 e. The summed E-state index contributed by atoms with van der Waals surface area (Å²) < 4.78 is 6.66. The van der Waals surface area contributed by atoms with Gasteiger partial charge in [-0.1, -0.05) is 29.8 Å². The van der Waals surface area contributed by atoms with Crippen molar-refractivity contribution in [1.29, 1.82) is 0 Å². The van der Waals surface area contributed by atoms with Gasteiger partial charge in [0.2, 0.25) is 0 Å². The Morgan fingerprint density at radius 1 is 1.27 bits per heavy atom. The fourth-order valence-electron chi connectivity index (χ4n) is 2.32. The zero-order valence-electron chi connectivity index (χ0n) is 12.2. The first-order chi connectivity index (χ1) is 10.6. The normalized spacial score (nSPS) is 10.9. The molecular weight excluding hydrogens is 302 g/mol. The van der Waals surface area contributed by atoms with E-state index in [0.29, 0.717) is 28.5 Å². The highest BCUT2D eigenvalue weighted by Gasteiger charge is 2.17. The molecule has 0 spiro atoms. The molecule has 0 aliphatic heterocycles. The quantitative estimate of drug-likeness (QED) is 0.694. The molecule has 0 fully saturated rings. The van der Waals surface area contributed by atoms with Crippen molar-refractivity contribution in [1.82, 2.24) is 14.6 Å². The molecule has 2 heterocycles. The third-order valence-corrected chi connectivity index (χ3v) is 3.76. The van der Waals surface area contributed by atoms with Gasteiger partial charge in [-0.25, -0.2) is 14.3 Å². The summed E-state index contributed by atoms with van der Waals surface area (Å²) in [5.41, 5.74) is 3.42. The van der Waals surface area contributed by atoms with Gasteiger partial charge < -0.3 is 4.74 Å². The van der Waals surface area contributed by atoms with E-state index in [1.165, 1.54) is 6.20 Å². The summed E-state index contributed by atoms with van der Waals surface area (Å²) in [7, 11) is 0. The van der Waals surface area contributed by atoms with E-state index in [0.717, 1.165) is 11.1 Å². The fraction of sp³-hybridized carbons (Fsp3) is 0.188. The highest BCUT2D eigenvalue weighted by molar-refractivity contribution is 6.33. The average Bonchev–Trinajstić information content (AvgIpc) is 2.93. The zero-order valence-corrected chi connectivity index (χ0v) is 13.0. The molecule has 0 aliphatic rings. The molecular formula is C16H14ClN3O2. The first kappa shape index (κ1) is 14.5. The van der Waals surface area contributed by atoms with Crippen LogP contribution in [-0.2, 0) is 4.74 Å². The number of halogens is 1. The van der Waals surface area contributed by atoms with Crippen LogP contribution in [0.5, 0.6) is 0 Å². The molecule has 6 heteroatoms. The molecule has 5 nitrogen and oxygen atoms in total. The molecule has 0 radical (unpaired) electrons. The second kappa shape index (κ2) is 5.77. The van der Waals surface area contributed by atoms with E-state index in [2.05, 4.69) is 10.1 Å². The minimum atomic E-state index is -0.399. The topological polar surface area (TPSA) is 56.5 Å². The van der Waals surface area contributed by atoms with Crippen LogP contribution in [0.25, 0.3) is 16.8 Å². The lowest BCUT2D eigenvalue weighted by molar-refractivity contribution is 0.0524. The predicted molar refractivity (Wildman–Crippen MR) is 84.1 cm³/mol. The summed E-state index contributed by atoms with van der Waals surface area (Å²) in [5.74, 6) is -0.399. The lowest BCUT2D eigenvalue weighted by atomic mass is 10.1. The van der Waals surface area contributed by atoms with Crippen LogP contribution in [0.4, 0.5) is 0 Å². The first-order valence-electron chi connectivity index (χ1n) is 6.88. The number of benzene rings is 1. The summed E-state index contributed by atoms with van der Waals surface area (Å²) in [4.78, 5) is 16.3. The number of fused-ring (bicyclic) bond motifs is 1. The van der Waals surface area contributed by atoms with Gasteiger partial charge in [-0.2, -0.15) is 5.10 Å². The number of esters is 1. The molecule has 3 rings (SSSR count). The van der Waals surface area contributed by atoms with Gasteiger partial charge in [0.1, 0.15) is 0 Å². The number of aromatic nitrogens is 3. The molecule has 0 aliphatic carbocycles. The predicted octanol–water partition coefficient (Wildman–Crippen LogP) is 3.53. The molecule has 1 aromatic carbocycles. The van der Waals surface area contributed by atoms with Crippen molar-refractivity contribution in [3.05, 3.63) is 52.9 Å². The number of hydrogen-bond acceptors (Lipinski definition) is 4. The Morgan fingerprint density at radius 2 is 2.05 bits per heavy atom. The van der Waals surface area contributed by atoms with Crippen LogP contribution in [0.3, 0.4) is 0 Å². The Bertz CT molecular complexity index is 858. The van der Waals surface area contributed by atoms with Crippen molar-refractivity contribution in [2.75, 3.05) is 6.61 Å². The standard InChI is InChI=1S/C16H14ClN3O2/c1-3-22-16(21)12-8-18-15-13(9-19-20(15)10(12)2)11-6-4-5-7-14(11)17/h4-9H,3H2,1-2H3. The van der Waals surface area contributed by atoms with Crippen LogP contribution in [0.15, 0.2) is 36.7 Å². The number of rotatable bonds is 3. The van der Waals surface area contributed by atoms with Crippen molar-refractivity contribution < 1.29 is 9.53 Å². The summed E-state index contributed by atoms with van der Waals surface area (Å²) in [6.07, 6.45) is 3.22. The van der Waals surface area contributed by atoms with Crippen LogP contribution in [0, 0.1) is 6.92 Å². The van der Waals surface area contributed by atoms with Gasteiger partial charge >= 0.3 is 5.97 Å². The number of aryl methyl sites for hydroxylation is 1. The second-order valence-electron chi connectivity index (χ2n) is 4.75. The number of ether oxygens (including phenoxy) is 1. The fourth-order valence-corrected chi connectivity index (χ4v) is 2.56. The molecule has 0 atom stereocenters. The maximum Gasteiger partial charge on any atom is 0.341 e. The third-order valence-electron chi connectivity index (χ3n) is 3.43. The van der Waals surface area contributed by atoms with Gasteiger partial charge in [0, 0.05) is 22.3 Å². The molecule has 0 bridgehead atoms. The van der Waals surface area contributed by atoms with E-state index in [-0.39, 0.29) is 0 Å². The van der Waals surface area contributed by atoms with Gasteiger partial charge in [0.15, 0.2) is 5.65 Å². The Kier molecular flexibility index (Phi) is 3.81. The van der Waals surface area contributed by atoms with Crippen molar-refractivity contribution in [2.24, 2.45) is 0 Å². The van der Waals surface area contributed by atoms with Gasteiger partial charge in [0.05, 0.1) is 24.1 Å². The zero-order chi connectivity index (χ0) is 15.7. The highest BCUT2D eigenvalue weighted by Crippen LogP contribution is 2.30. The summed E-state index contributed by atoms with van der Waals surface area (Å²) >= 11 is 6.24. The van der Waals surface area contributed by atoms with Crippen molar-refractivity contribution in [2.45, 2.75) is 13.8 Å². The van der Waals surface area contributed by atoms with E-state index >= 15 is 0 Å². The number of carbonyl (C=O) groups is 1. The lowest BCUT2D eigenvalue weighted by Crippen LogP contribution is -2.11.